The number of hydrogen-bond donors (Lipinski definition) is 3. The standard InChI is InChI=1S/C40H53N3O10S2.2Na/c1-5-42(23-12-27-54(4,47)48)31-18-19-32-30(20-25-53-35(32)29-31)13-9-16-36-40(2,21-11-28-55(49,50)51)38-33(39(46)41-22-26-52-3)14-10-15-34(38)43(36)24-8-6-7-17-37(44)45;;/h9-10,13-16,18-20,25,29H,5-8,11-12,17,21-24,26-28H2,1-4H3,(H2-,41,44,45,46,49,50,51);;/q;2*+1/p+1. The molecule has 13 nitrogen and oxygen atoms in total. The second-order valence-corrected chi connectivity index (χ2v) is 17.9. The third kappa shape index (κ3) is 14.7. The fraction of sp³-hybridized carbons (Fsp3) is 0.475. The van der Waals surface area contributed by atoms with Crippen molar-refractivity contribution in [3.63, 3.8) is 0 Å². The van der Waals surface area contributed by atoms with Gasteiger partial charge in [-0.1, -0.05) is 24.6 Å². The van der Waals surface area contributed by atoms with Crippen LogP contribution in [0.25, 0.3) is 17.4 Å². The summed E-state index contributed by atoms with van der Waals surface area (Å²) in [5.74, 6) is -0.805. The number of benzene rings is 2. The van der Waals surface area contributed by atoms with Crippen molar-refractivity contribution in [3.05, 3.63) is 88.6 Å². The Labute approximate surface area is 381 Å². The third-order valence-electron chi connectivity index (χ3n) is 9.87. The Bertz CT molecular complexity index is 2150. The molecule has 300 valence electrons. The molecule has 1 atom stereocenters. The van der Waals surface area contributed by atoms with E-state index >= 15 is 0 Å². The van der Waals surface area contributed by atoms with Crippen molar-refractivity contribution in [1.82, 2.24) is 9.89 Å². The van der Waals surface area contributed by atoms with Crippen LogP contribution in [0.15, 0.2) is 71.0 Å². The van der Waals surface area contributed by atoms with E-state index in [4.69, 9.17) is 14.3 Å². The minimum atomic E-state index is -4.24. The molecule has 3 aliphatic rings. The van der Waals surface area contributed by atoms with Crippen LogP contribution < -0.4 is 79.3 Å². The summed E-state index contributed by atoms with van der Waals surface area (Å²) in [7, 11) is -5.75. The number of nitrogens with zero attached hydrogens (tertiary/aromatic N) is 2. The number of carbonyl (C=O) groups excluding carboxylic acids is 1. The number of anilines is 1. The Hall–Kier alpha value is -2.31. The first-order chi connectivity index (χ1) is 26.1. The van der Waals surface area contributed by atoms with Crippen LogP contribution in [0.4, 0.5) is 5.69 Å². The van der Waals surface area contributed by atoms with E-state index in [0.29, 0.717) is 76.2 Å². The Balaban J connectivity index is 0.00000561. The maximum absolute atomic E-state index is 13.6. The first kappa shape index (κ1) is 50.8. The van der Waals surface area contributed by atoms with Gasteiger partial charge in [0, 0.05) is 78.9 Å². The molecule has 4 rings (SSSR count). The molecule has 17 heteroatoms. The Morgan fingerprint density at radius 2 is 1.77 bits per heavy atom. The van der Waals surface area contributed by atoms with Gasteiger partial charge in [0.2, 0.25) is 5.36 Å². The molecule has 57 heavy (non-hydrogen) atoms. The summed E-state index contributed by atoms with van der Waals surface area (Å²) in [5.41, 5.74) is 3.75. The molecule has 0 fully saturated rings. The van der Waals surface area contributed by atoms with E-state index < -0.39 is 37.1 Å². The van der Waals surface area contributed by atoms with Gasteiger partial charge in [0.1, 0.15) is 28.7 Å². The van der Waals surface area contributed by atoms with Gasteiger partial charge in [0.25, 0.3) is 16.0 Å². The third-order valence-corrected chi connectivity index (χ3v) is 11.7. The van der Waals surface area contributed by atoms with Crippen LogP contribution >= 0.6 is 0 Å². The fourth-order valence-electron chi connectivity index (χ4n) is 7.24. The quantitative estimate of drug-likeness (QED) is 0.0517. The maximum Gasteiger partial charge on any atom is 1.00 e. The smallest absolute Gasteiger partial charge is 0.481 e. The van der Waals surface area contributed by atoms with E-state index in [1.807, 2.05) is 68.5 Å². The number of carboxylic acids is 1. The minimum Gasteiger partial charge on any atom is -0.481 e. The van der Waals surface area contributed by atoms with Gasteiger partial charge in [-0.2, -0.15) is 8.42 Å². The van der Waals surface area contributed by atoms with Crippen molar-refractivity contribution in [3.8, 4) is 11.3 Å². The van der Waals surface area contributed by atoms with Gasteiger partial charge < -0.3 is 24.5 Å². The molecule has 0 saturated carbocycles. The number of nitrogens with one attached hydrogen (secondary N) is 1. The number of fused-ring (bicyclic) bond motifs is 2. The second-order valence-electron chi connectivity index (χ2n) is 14.1. The van der Waals surface area contributed by atoms with Crippen molar-refractivity contribution in [2.45, 2.75) is 64.2 Å². The average Bonchev–Trinajstić information content (AvgIpc) is 3.35. The summed E-state index contributed by atoms with van der Waals surface area (Å²) in [5, 5.41) is 13.0. The van der Waals surface area contributed by atoms with Crippen LogP contribution in [0.3, 0.4) is 0 Å². The van der Waals surface area contributed by atoms with Crippen molar-refractivity contribution in [1.29, 1.82) is 0 Å². The molecular weight excluding hydrogens is 793 g/mol. The molecule has 1 aliphatic carbocycles. The van der Waals surface area contributed by atoms with Crippen LogP contribution in [0.2, 0.25) is 0 Å². The van der Waals surface area contributed by atoms with Crippen LogP contribution in [0.1, 0.15) is 80.3 Å². The predicted octanol–water partition coefficient (Wildman–Crippen LogP) is -1.02. The summed E-state index contributed by atoms with van der Waals surface area (Å²) in [6.07, 6.45) is 11.6. The zero-order chi connectivity index (χ0) is 40.2. The number of hydrogen-bond acceptors (Lipinski definition) is 9. The fourth-order valence-corrected chi connectivity index (χ4v) is 8.40. The molecule has 1 aromatic rings. The molecule has 2 aliphatic heterocycles. The molecule has 2 heterocycles. The molecule has 0 saturated heterocycles. The largest absolute Gasteiger partial charge is 1.00 e. The Morgan fingerprint density at radius 1 is 1.02 bits per heavy atom. The van der Waals surface area contributed by atoms with Gasteiger partial charge in [0.05, 0.1) is 30.4 Å². The van der Waals surface area contributed by atoms with Gasteiger partial charge in [-0.25, -0.2) is 13.0 Å². The summed E-state index contributed by atoms with van der Waals surface area (Å²) in [6, 6.07) is 13.3. The molecule has 3 N–H and O–H groups in total. The number of sulfone groups is 1. The molecule has 0 radical (unpaired) electrons. The van der Waals surface area contributed by atoms with Gasteiger partial charge in [0.15, 0.2) is 0 Å². The second kappa shape index (κ2) is 23.5. The number of amides is 1. The van der Waals surface area contributed by atoms with Crippen molar-refractivity contribution in [2.24, 2.45) is 0 Å². The Kier molecular flexibility index (Phi) is 20.9. The van der Waals surface area contributed by atoms with Gasteiger partial charge >= 0.3 is 65.1 Å². The molecule has 0 spiro atoms. The van der Waals surface area contributed by atoms with Crippen LogP contribution in [0, 0.1) is 0 Å². The van der Waals surface area contributed by atoms with Crippen LogP contribution in [-0.4, -0.2) is 96.0 Å². The molecule has 0 bridgehead atoms. The zero-order valence-corrected chi connectivity index (χ0v) is 39.8. The van der Waals surface area contributed by atoms with Crippen LogP contribution in [0.5, 0.6) is 0 Å². The van der Waals surface area contributed by atoms with E-state index in [1.54, 1.807) is 19.4 Å². The summed E-state index contributed by atoms with van der Waals surface area (Å²) in [4.78, 5) is 26.9. The number of unbranched alkanes of at least 4 members (excludes halogenated alkanes) is 2. The van der Waals surface area contributed by atoms with Crippen molar-refractivity contribution >= 4 is 43.6 Å². The maximum atomic E-state index is 13.6. The number of aliphatic carboxylic acids is 1. The van der Waals surface area contributed by atoms with Gasteiger partial charge in [-0.15, -0.1) is 0 Å². The first-order valence-electron chi connectivity index (χ1n) is 18.6. The number of carbonyl (C=O) groups is 2. The molecule has 0 aromatic heterocycles. The molecule has 1 aromatic carbocycles. The predicted molar refractivity (Wildman–Crippen MR) is 215 cm³/mol. The van der Waals surface area contributed by atoms with Crippen molar-refractivity contribution < 1.29 is 104 Å². The SMILES string of the molecule is CC[N+](CCCS(C)(=O)=O)=c1ccc2c(/C=C/C=C3/N(CCCCCC(=O)O)c4cccc(C(=O)NCCOC)c4C3(C)CCCS(=O)(=O)O)ccoc-2c1.[Na+].[Na+]. The molecule has 1 amide bonds. The van der Waals surface area contributed by atoms with Gasteiger partial charge in [-0.05, 0) is 75.4 Å². The van der Waals surface area contributed by atoms with Gasteiger partial charge in [-0.3, -0.25) is 14.1 Å². The summed E-state index contributed by atoms with van der Waals surface area (Å²) >= 11 is 0. The normalized spacial score (nSPS) is 16.6. The molecular formula is C40H54N3Na2O10S2+3. The zero-order valence-electron chi connectivity index (χ0n) is 34.1. The number of ether oxygens (including phenoxy) is 1. The number of allylic oxidation sites excluding steroid dienone is 3. The van der Waals surface area contributed by atoms with Crippen molar-refractivity contribution in [2.75, 3.05) is 62.6 Å². The van der Waals surface area contributed by atoms with E-state index in [2.05, 4.69) is 14.8 Å². The minimum absolute atomic E-state index is 0. The average molecular weight is 847 g/mol. The van der Waals surface area contributed by atoms with E-state index in [9.17, 15) is 31.0 Å². The number of carboxylic acid groups (broad SMARTS) is 1. The van der Waals surface area contributed by atoms with Crippen LogP contribution in [-0.2, 0) is 34.9 Å². The summed E-state index contributed by atoms with van der Waals surface area (Å²) in [6.45, 7) is 6.44. The number of rotatable bonds is 21. The first-order valence-corrected chi connectivity index (χ1v) is 22.3. The Morgan fingerprint density at radius 3 is 2.44 bits per heavy atom. The van der Waals surface area contributed by atoms with E-state index in [-0.39, 0.29) is 83.6 Å². The topological polar surface area (TPSA) is 184 Å². The number of methoxy groups -OCH3 is 1. The van der Waals surface area contributed by atoms with E-state index in [1.165, 1.54) is 6.26 Å². The molecule has 1 unspecified atom stereocenters. The monoisotopic (exact) mass is 846 g/mol. The summed E-state index contributed by atoms with van der Waals surface area (Å²) < 4.78 is 69.8. The van der Waals surface area contributed by atoms with E-state index in [0.717, 1.165) is 33.4 Å².